The number of carbonyl (C=O) groups is 2. The highest BCUT2D eigenvalue weighted by atomic mass is 16.6. The van der Waals surface area contributed by atoms with Gasteiger partial charge in [-0.3, -0.25) is 9.59 Å². The van der Waals surface area contributed by atoms with Crippen molar-refractivity contribution in [2.75, 3.05) is 0 Å². The van der Waals surface area contributed by atoms with Crippen molar-refractivity contribution in [1.82, 2.24) is 5.32 Å². The Kier molecular flexibility index (Phi) is 6.20. The van der Waals surface area contributed by atoms with Crippen LogP contribution in [0.1, 0.15) is 18.4 Å². The first-order chi connectivity index (χ1) is 12.8. The van der Waals surface area contributed by atoms with Crippen molar-refractivity contribution in [2.45, 2.75) is 26.2 Å². The third-order valence-electron chi connectivity index (χ3n) is 3.12. The molecule has 11 nitrogen and oxygen atoms in total. The molecule has 0 unspecified atom stereocenters. The third kappa shape index (κ3) is 5.63. The molecule has 0 radical (unpaired) electrons. The van der Waals surface area contributed by atoms with E-state index in [9.17, 15) is 19.2 Å². The van der Waals surface area contributed by atoms with Crippen LogP contribution in [0.25, 0.3) is 0 Å². The highest BCUT2D eigenvalue weighted by molar-refractivity contribution is 5.80. The van der Waals surface area contributed by atoms with Gasteiger partial charge in [0, 0.05) is 12.1 Å². The lowest BCUT2D eigenvalue weighted by Crippen LogP contribution is -2.39. The van der Waals surface area contributed by atoms with E-state index in [0.29, 0.717) is 0 Å². The first-order valence-corrected chi connectivity index (χ1v) is 7.47. The highest BCUT2D eigenvalue weighted by Gasteiger charge is 2.19. The number of amides is 1. The summed E-state index contributed by atoms with van der Waals surface area (Å²) in [6.45, 7) is 0.549. The zero-order valence-corrected chi connectivity index (χ0v) is 14.0. The highest BCUT2D eigenvalue weighted by Crippen LogP contribution is 2.06. The number of hydrogen-bond acceptors (Lipinski definition) is 10. The van der Waals surface area contributed by atoms with Gasteiger partial charge in [-0.2, -0.15) is 0 Å². The summed E-state index contributed by atoms with van der Waals surface area (Å²) in [5.74, 6) is -2.00. The zero-order chi connectivity index (χ0) is 20.0. The Labute approximate surface area is 150 Å². The molecule has 0 saturated carbocycles. The van der Waals surface area contributed by atoms with E-state index in [-0.39, 0.29) is 18.1 Å². The molecule has 0 aromatic carbocycles. The lowest BCUT2D eigenvalue weighted by molar-refractivity contribution is -0.147. The Morgan fingerprint density at radius 2 is 1.48 bits per heavy atom. The van der Waals surface area contributed by atoms with Crippen LogP contribution in [-0.2, 0) is 27.5 Å². The van der Waals surface area contributed by atoms with E-state index in [1.165, 1.54) is 6.92 Å². The summed E-state index contributed by atoms with van der Waals surface area (Å²) in [5.41, 5.74) is -1.39. The van der Waals surface area contributed by atoms with Crippen molar-refractivity contribution in [3.05, 3.63) is 56.6 Å². The normalized spacial score (nSPS) is 11.4. The van der Waals surface area contributed by atoms with Crippen molar-refractivity contribution in [3.63, 3.8) is 0 Å². The standard InChI is InChI=1S/C16H15NO10/c1-8(15(22)26-4-9-2-11(18)13(20)6-24-9)17-16(23)27-5-10-3-12(19)14(21)7-25-10/h2-3,6-8,20-21H,4-5H2,1H3,(H,17,23)/t8-/m0/s1. The maximum atomic E-state index is 11.8. The molecule has 1 atom stereocenters. The molecule has 2 rings (SSSR count). The Balaban J connectivity index is 1.79. The van der Waals surface area contributed by atoms with Crippen molar-refractivity contribution >= 4 is 12.1 Å². The maximum absolute atomic E-state index is 11.8. The van der Waals surface area contributed by atoms with Crippen LogP contribution in [-0.4, -0.2) is 28.3 Å². The maximum Gasteiger partial charge on any atom is 0.408 e. The van der Waals surface area contributed by atoms with E-state index in [4.69, 9.17) is 28.5 Å². The number of alkyl carbamates (subject to hydrolysis) is 1. The Morgan fingerprint density at radius 3 is 1.96 bits per heavy atom. The summed E-state index contributed by atoms with van der Waals surface area (Å²) < 4.78 is 19.4. The molecule has 3 N–H and O–H groups in total. The van der Waals surface area contributed by atoms with Crippen LogP contribution in [0.4, 0.5) is 4.79 Å². The van der Waals surface area contributed by atoms with Crippen LogP contribution >= 0.6 is 0 Å². The van der Waals surface area contributed by atoms with Crippen LogP contribution in [0.15, 0.2) is 43.1 Å². The smallest absolute Gasteiger partial charge is 0.408 e. The van der Waals surface area contributed by atoms with Gasteiger partial charge >= 0.3 is 12.1 Å². The molecule has 0 spiro atoms. The Bertz CT molecular complexity index is 945. The van der Waals surface area contributed by atoms with Crippen LogP contribution < -0.4 is 16.2 Å². The van der Waals surface area contributed by atoms with Gasteiger partial charge < -0.3 is 33.8 Å². The predicted octanol–water partition coefficient (Wildman–Crippen LogP) is 0.362. The van der Waals surface area contributed by atoms with Gasteiger partial charge in [-0.1, -0.05) is 0 Å². The second kappa shape index (κ2) is 8.56. The quantitative estimate of drug-likeness (QED) is 0.595. The number of rotatable bonds is 6. The summed E-state index contributed by atoms with van der Waals surface area (Å²) in [6, 6.07) is 0.819. The van der Waals surface area contributed by atoms with Gasteiger partial charge in [0.2, 0.25) is 10.9 Å². The minimum Gasteiger partial charge on any atom is -0.502 e. The monoisotopic (exact) mass is 381 g/mol. The van der Waals surface area contributed by atoms with Gasteiger partial charge in [0.25, 0.3) is 0 Å². The van der Waals surface area contributed by atoms with Crippen LogP contribution in [0.3, 0.4) is 0 Å². The minimum atomic E-state index is -1.09. The number of aromatic hydroxyl groups is 2. The van der Waals surface area contributed by atoms with E-state index in [1.54, 1.807) is 0 Å². The number of nitrogens with one attached hydrogen (secondary N) is 1. The van der Waals surface area contributed by atoms with Gasteiger partial charge in [-0.25, -0.2) is 9.59 Å². The average molecular weight is 381 g/mol. The molecule has 144 valence electrons. The molecular weight excluding hydrogens is 366 g/mol. The second-order valence-corrected chi connectivity index (χ2v) is 5.24. The van der Waals surface area contributed by atoms with Gasteiger partial charge in [-0.05, 0) is 6.92 Å². The molecule has 0 aliphatic heterocycles. The Morgan fingerprint density at radius 1 is 1.00 bits per heavy atom. The number of carbonyl (C=O) groups excluding carboxylic acids is 2. The fourth-order valence-corrected chi connectivity index (χ4v) is 1.72. The summed E-state index contributed by atoms with van der Waals surface area (Å²) in [5, 5.41) is 20.3. The van der Waals surface area contributed by atoms with Gasteiger partial charge in [-0.15, -0.1) is 0 Å². The molecule has 2 aromatic heterocycles. The van der Waals surface area contributed by atoms with Gasteiger partial charge in [0.1, 0.15) is 36.7 Å². The fourth-order valence-electron chi connectivity index (χ4n) is 1.72. The molecule has 0 bridgehead atoms. The van der Waals surface area contributed by atoms with Crippen LogP contribution in [0, 0.1) is 0 Å². The van der Waals surface area contributed by atoms with Crippen molar-refractivity contribution in [1.29, 1.82) is 0 Å². The van der Waals surface area contributed by atoms with Crippen molar-refractivity contribution < 1.29 is 38.1 Å². The lowest BCUT2D eigenvalue weighted by atomic mass is 10.3. The van der Waals surface area contributed by atoms with Gasteiger partial charge in [0.15, 0.2) is 18.1 Å². The first kappa shape index (κ1) is 19.6. The van der Waals surface area contributed by atoms with E-state index >= 15 is 0 Å². The number of esters is 1. The summed E-state index contributed by atoms with van der Waals surface area (Å²) in [7, 11) is 0. The average Bonchev–Trinajstić information content (AvgIpc) is 2.63. The van der Waals surface area contributed by atoms with Gasteiger partial charge in [0.05, 0.1) is 0 Å². The molecule has 0 aliphatic carbocycles. The molecule has 2 heterocycles. The molecule has 27 heavy (non-hydrogen) atoms. The van der Waals surface area contributed by atoms with Crippen molar-refractivity contribution in [2.24, 2.45) is 0 Å². The summed E-state index contributed by atoms with van der Waals surface area (Å²) in [4.78, 5) is 45.9. The molecule has 0 saturated heterocycles. The minimum absolute atomic E-state index is 0.00304. The van der Waals surface area contributed by atoms with E-state index in [1.807, 2.05) is 0 Å². The molecular formula is C16H15NO10. The van der Waals surface area contributed by atoms with E-state index in [0.717, 1.165) is 24.7 Å². The van der Waals surface area contributed by atoms with E-state index < -0.39 is 47.1 Å². The van der Waals surface area contributed by atoms with Crippen LogP contribution in [0.2, 0.25) is 0 Å². The largest absolute Gasteiger partial charge is 0.502 e. The SMILES string of the molecule is C[C@H](NC(=O)OCc1cc(=O)c(O)co1)C(=O)OCc1cc(=O)c(O)co1. The van der Waals surface area contributed by atoms with Crippen LogP contribution in [0.5, 0.6) is 11.5 Å². The second-order valence-electron chi connectivity index (χ2n) is 5.24. The summed E-state index contributed by atoms with van der Waals surface area (Å²) >= 11 is 0. The topological polar surface area (TPSA) is 166 Å². The molecule has 0 fully saturated rings. The van der Waals surface area contributed by atoms with E-state index in [2.05, 4.69) is 5.32 Å². The molecule has 1 amide bonds. The summed E-state index contributed by atoms with van der Waals surface area (Å²) in [6.07, 6.45) is 0.638. The van der Waals surface area contributed by atoms with Crippen molar-refractivity contribution in [3.8, 4) is 11.5 Å². The lowest BCUT2D eigenvalue weighted by Gasteiger charge is -2.13. The zero-order valence-electron chi connectivity index (χ0n) is 14.0. The molecule has 0 aliphatic rings. The molecule has 2 aromatic rings. The molecule has 11 heteroatoms. The predicted molar refractivity (Wildman–Crippen MR) is 85.9 cm³/mol. The first-order valence-electron chi connectivity index (χ1n) is 7.47. The number of ether oxygens (including phenoxy) is 2. The Hall–Kier alpha value is -3.76. The third-order valence-corrected chi connectivity index (χ3v) is 3.12. The fraction of sp³-hybridized carbons (Fsp3) is 0.250. The number of hydrogen-bond donors (Lipinski definition) is 3.